The van der Waals surface area contributed by atoms with Gasteiger partial charge < -0.3 is 10.1 Å². The number of carbonyl (C=O) groups excluding carboxylic acids is 2. The minimum atomic E-state index is -0.237. The summed E-state index contributed by atoms with van der Waals surface area (Å²) >= 11 is 0. The summed E-state index contributed by atoms with van der Waals surface area (Å²) in [5.41, 5.74) is 0. The molecule has 1 saturated heterocycles. The molecule has 1 aliphatic rings. The number of piperidine rings is 1. The third-order valence-electron chi connectivity index (χ3n) is 3.77. The first-order valence-corrected chi connectivity index (χ1v) is 7.17. The standard InChI is InChI=1S/C14H26N2O3/c1-4-5-8-15-14(18)12-7-6-11(2)16(9-12)10-13(17)19-3/h11-12H,4-10H2,1-3H3,(H,15,18). The molecule has 1 aliphatic heterocycles. The van der Waals surface area contributed by atoms with E-state index in [4.69, 9.17) is 4.74 Å². The van der Waals surface area contributed by atoms with Crippen molar-refractivity contribution in [3.8, 4) is 0 Å². The highest BCUT2D eigenvalue weighted by atomic mass is 16.5. The fourth-order valence-corrected chi connectivity index (χ4v) is 2.38. The second kappa shape index (κ2) is 8.15. The second-order valence-electron chi connectivity index (χ2n) is 5.27. The van der Waals surface area contributed by atoms with Crippen molar-refractivity contribution in [3.63, 3.8) is 0 Å². The SMILES string of the molecule is CCCCNC(=O)C1CCC(C)N(CC(=O)OC)C1. The number of likely N-dealkylation sites (tertiary alicyclic amines) is 1. The van der Waals surface area contributed by atoms with E-state index >= 15 is 0 Å². The Morgan fingerprint density at radius 3 is 2.74 bits per heavy atom. The number of methoxy groups -OCH3 is 1. The van der Waals surface area contributed by atoms with E-state index in [0.29, 0.717) is 12.6 Å². The topological polar surface area (TPSA) is 58.6 Å². The molecule has 5 heteroatoms. The smallest absolute Gasteiger partial charge is 0.319 e. The van der Waals surface area contributed by atoms with Gasteiger partial charge in [-0.15, -0.1) is 0 Å². The van der Waals surface area contributed by atoms with Crippen molar-refractivity contribution >= 4 is 11.9 Å². The summed E-state index contributed by atoms with van der Waals surface area (Å²) in [4.78, 5) is 25.4. The van der Waals surface area contributed by atoms with Crippen LogP contribution in [0.15, 0.2) is 0 Å². The molecule has 0 bridgehead atoms. The van der Waals surface area contributed by atoms with E-state index in [-0.39, 0.29) is 24.3 Å². The van der Waals surface area contributed by atoms with Crippen LogP contribution in [0.4, 0.5) is 0 Å². The lowest BCUT2D eigenvalue weighted by molar-refractivity contribution is -0.144. The highest BCUT2D eigenvalue weighted by Crippen LogP contribution is 2.21. The molecule has 1 fully saturated rings. The summed E-state index contributed by atoms with van der Waals surface area (Å²) in [5.74, 6) is -0.119. The van der Waals surface area contributed by atoms with Crippen LogP contribution in [0.3, 0.4) is 0 Å². The maximum absolute atomic E-state index is 12.0. The Balaban J connectivity index is 2.44. The lowest BCUT2D eigenvalue weighted by atomic mass is 9.92. The average molecular weight is 270 g/mol. The zero-order chi connectivity index (χ0) is 14.3. The van der Waals surface area contributed by atoms with Gasteiger partial charge in [-0.2, -0.15) is 0 Å². The van der Waals surface area contributed by atoms with Gasteiger partial charge >= 0.3 is 5.97 Å². The number of amides is 1. The van der Waals surface area contributed by atoms with Crippen molar-refractivity contribution in [2.75, 3.05) is 26.7 Å². The van der Waals surface area contributed by atoms with E-state index in [9.17, 15) is 9.59 Å². The third-order valence-corrected chi connectivity index (χ3v) is 3.77. The third kappa shape index (κ3) is 5.19. The largest absolute Gasteiger partial charge is 0.468 e. The van der Waals surface area contributed by atoms with Gasteiger partial charge in [-0.3, -0.25) is 14.5 Å². The van der Waals surface area contributed by atoms with Crippen LogP contribution in [0.25, 0.3) is 0 Å². The Morgan fingerprint density at radius 1 is 1.37 bits per heavy atom. The van der Waals surface area contributed by atoms with Gasteiger partial charge in [0.2, 0.25) is 5.91 Å². The summed E-state index contributed by atoms with van der Waals surface area (Å²) < 4.78 is 4.70. The van der Waals surface area contributed by atoms with Crippen molar-refractivity contribution < 1.29 is 14.3 Å². The summed E-state index contributed by atoms with van der Waals surface area (Å²) in [6, 6.07) is 0.332. The Kier molecular flexibility index (Phi) is 6.84. The number of nitrogens with zero attached hydrogens (tertiary/aromatic N) is 1. The Bertz CT molecular complexity index is 307. The molecule has 0 aliphatic carbocycles. The molecular formula is C14H26N2O3. The molecule has 1 rings (SSSR count). The summed E-state index contributed by atoms with van der Waals surface area (Å²) in [7, 11) is 1.39. The Hall–Kier alpha value is -1.10. The number of carbonyl (C=O) groups is 2. The summed E-state index contributed by atoms with van der Waals surface area (Å²) in [5, 5.41) is 2.97. The van der Waals surface area contributed by atoms with E-state index in [1.54, 1.807) is 0 Å². The van der Waals surface area contributed by atoms with Gasteiger partial charge in [0, 0.05) is 19.1 Å². The summed E-state index contributed by atoms with van der Waals surface area (Å²) in [6.45, 7) is 5.86. The molecule has 110 valence electrons. The number of rotatable bonds is 6. The molecule has 0 aromatic heterocycles. The molecule has 5 nitrogen and oxygen atoms in total. The predicted molar refractivity (Wildman–Crippen MR) is 73.7 cm³/mol. The highest BCUT2D eigenvalue weighted by molar-refractivity contribution is 5.79. The number of esters is 1. The molecule has 0 saturated carbocycles. The number of hydrogen-bond acceptors (Lipinski definition) is 4. The first-order valence-electron chi connectivity index (χ1n) is 7.17. The van der Waals surface area contributed by atoms with E-state index in [0.717, 1.165) is 32.2 Å². The molecule has 1 amide bonds. The number of ether oxygens (including phenoxy) is 1. The van der Waals surface area contributed by atoms with Gasteiger partial charge in [0.05, 0.1) is 19.6 Å². The molecule has 2 atom stereocenters. The zero-order valence-corrected chi connectivity index (χ0v) is 12.3. The van der Waals surface area contributed by atoms with E-state index in [1.165, 1.54) is 7.11 Å². The molecule has 0 radical (unpaired) electrons. The normalized spacial score (nSPS) is 23.9. The minimum Gasteiger partial charge on any atom is -0.468 e. The molecule has 0 aromatic carbocycles. The lowest BCUT2D eigenvalue weighted by Gasteiger charge is -2.36. The number of hydrogen-bond donors (Lipinski definition) is 1. The van der Waals surface area contributed by atoms with Crippen LogP contribution in [-0.4, -0.2) is 49.6 Å². The van der Waals surface area contributed by atoms with Crippen LogP contribution in [-0.2, 0) is 14.3 Å². The van der Waals surface area contributed by atoms with Crippen molar-refractivity contribution in [1.82, 2.24) is 10.2 Å². The van der Waals surface area contributed by atoms with E-state index < -0.39 is 0 Å². The van der Waals surface area contributed by atoms with Gasteiger partial charge in [-0.25, -0.2) is 0 Å². The molecular weight excluding hydrogens is 244 g/mol. The van der Waals surface area contributed by atoms with Gasteiger partial charge in [-0.05, 0) is 26.2 Å². The first kappa shape index (κ1) is 16.0. The molecule has 1 N–H and O–H groups in total. The highest BCUT2D eigenvalue weighted by Gasteiger charge is 2.30. The zero-order valence-electron chi connectivity index (χ0n) is 12.3. The van der Waals surface area contributed by atoms with Crippen LogP contribution < -0.4 is 5.32 Å². The van der Waals surface area contributed by atoms with Crippen LogP contribution in [0.1, 0.15) is 39.5 Å². The second-order valence-corrected chi connectivity index (χ2v) is 5.27. The quantitative estimate of drug-likeness (QED) is 0.581. The predicted octanol–water partition coefficient (Wildman–Crippen LogP) is 1.18. The van der Waals surface area contributed by atoms with Crippen molar-refractivity contribution in [3.05, 3.63) is 0 Å². The maximum atomic E-state index is 12.0. The number of nitrogens with one attached hydrogen (secondary N) is 1. The summed E-state index contributed by atoms with van der Waals surface area (Å²) in [6.07, 6.45) is 3.94. The fraction of sp³-hybridized carbons (Fsp3) is 0.857. The maximum Gasteiger partial charge on any atom is 0.319 e. The first-order chi connectivity index (χ1) is 9.08. The Morgan fingerprint density at radius 2 is 2.11 bits per heavy atom. The monoisotopic (exact) mass is 270 g/mol. The van der Waals surface area contributed by atoms with Gasteiger partial charge in [0.15, 0.2) is 0 Å². The molecule has 19 heavy (non-hydrogen) atoms. The fourth-order valence-electron chi connectivity index (χ4n) is 2.38. The van der Waals surface area contributed by atoms with E-state index in [1.807, 2.05) is 4.90 Å². The van der Waals surface area contributed by atoms with Crippen LogP contribution in [0.2, 0.25) is 0 Å². The lowest BCUT2D eigenvalue weighted by Crippen LogP contribution is -2.48. The minimum absolute atomic E-state index is 0.00212. The van der Waals surface area contributed by atoms with Gasteiger partial charge in [0.1, 0.15) is 0 Å². The van der Waals surface area contributed by atoms with Crippen LogP contribution in [0.5, 0.6) is 0 Å². The van der Waals surface area contributed by atoms with Crippen LogP contribution >= 0.6 is 0 Å². The van der Waals surface area contributed by atoms with Gasteiger partial charge in [-0.1, -0.05) is 13.3 Å². The average Bonchev–Trinajstić information content (AvgIpc) is 2.41. The number of unbranched alkanes of at least 4 members (excludes halogenated alkanes) is 1. The van der Waals surface area contributed by atoms with Crippen molar-refractivity contribution in [2.45, 2.75) is 45.6 Å². The molecule has 0 spiro atoms. The van der Waals surface area contributed by atoms with Crippen LogP contribution in [0, 0.1) is 5.92 Å². The van der Waals surface area contributed by atoms with Gasteiger partial charge in [0.25, 0.3) is 0 Å². The molecule has 0 aromatic rings. The Labute approximate surface area is 115 Å². The van der Waals surface area contributed by atoms with E-state index in [2.05, 4.69) is 19.2 Å². The molecule has 1 heterocycles. The van der Waals surface area contributed by atoms with Crippen molar-refractivity contribution in [2.24, 2.45) is 5.92 Å². The molecule has 2 unspecified atom stereocenters. The van der Waals surface area contributed by atoms with Crippen molar-refractivity contribution in [1.29, 1.82) is 0 Å².